The number of benzene rings is 1. The molecule has 2 heteroatoms. The van der Waals surface area contributed by atoms with Crippen LogP contribution in [0.1, 0.15) is 32.4 Å². The van der Waals surface area contributed by atoms with E-state index in [9.17, 15) is 4.79 Å². The molecule has 0 amide bonds. The second-order valence-electron chi connectivity index (χ2n) is 4.65. The van der Waals surface area contributed by atoms with E-state index >= 15 is 0 Å². The average Bonchev–Trinajstić information content (AvgIpc) is 2.40. The summed E-state index contributed by atoms with van der Waals surface area (Å²) in [5, 5.41) is 1.12. The summed E-state index contributed by atoms with van der Waals surface area (Å²) in [7, 11) is 0. The number of aromatic nitrogens is 1. The van der Waals surface area contributed by atoms with Gasteiger partial charge in [-0.25, -0.2) is 0 Å². The van der Waals surface area contributed by atoms with Gasteiger partial charge in [-0.15, -0.1) is 0 Å². The fourth-order valence-corrected chi connectivity index (χ4v) is 2.27. The van der Waals surface area contributed by atoms with Crippen LogP contribution in [-0.2, 0) is 11.2 Å². The van der Waals surface area contributed by atoms with Gasteiger partial charge in [0.25, 0.3) is 0 Å². The van der Waals surface area contributed by atoms with Gasteiger partial charge < -0.3 is 0 Å². The molecular weight excluding hydrogens is 222 g/mol. The van der Waals surface area contributed by atoms with Gasteiger partial charge in [0, 0.05) is 23.4 Å². The van der Waals surface area contributed by atoms with Crippen molar-refractivity contribution in [3.05, 3.63) is 42.1 Å². The predicted octanol–water partition coefficient (Wildman–Crippen LogP) is 3.78. The molecule has 0 radical (unpaired) electrons. The van der Waals surface area contributed by atoms with Gasteiger partial charge in [-0.1, -0.05) is 38.1 Å². The maximum absolute atomic E-state index is 12.1. The molecule has 0 N–H and O–H groups in total. The highest BCUT2D eigenvalue weighted by Crippen LogP contribution is 2.15. The first-order chi connectivity index (χ1) is 8.74. The Bertz CT molecular complexity index is 544. The van der Waals surface area contributed by atoms with Crippen molar-refractivity contribution in [2.75, 3.05) is 0 Å². The molecule has 0 saturated heterocycles. The molecule has 0 bridgehead atoms. The lowest BCUT2D eigenvalue weighted by Gasteiger charge is -2.10. The summed E-state index contributed by atoms with van der Waals surface area (Å²) >= 11 is 0. The number of fused-ring (bicyclic) bond motifs is 1. The summed E-state index contributed by atoms with van der Waals surface area (Å²) in [5.74, 6) is 0.487. The topological polar surface area (TPSA) is 30.0 Å². The lowest BCUT2D eigenvalue weighted by atomic mass is 9.95. The maximum atomic E-state index is 12.1. The zero-order valence-corrected chi connectivity index (χ0v) is 11.0. The number of Topliss-reactive ketones (excluding diaryl/α,β-unsaturated/α-hetero) is 1. The highest BCUT2D eigenvalue weighted by molar-refractivity contribution is 5.84. The smallest absolute Gasteiger partial charge is 0.141 e. The normalized spacial score (nSPS) is 11.1. The van der Waals surface area contributed by atoms with Crippen LogP contribution in [-0.4, -0.2) is 10.8 Å². The minimum atomic E-state index is 0.179. The summed E-state index contributed by atoms with van der Waals surface area (Å²) in [4.78, 5) is 16.6. The number of ketones is 1. The molecule has 2 rings (SSSR count). The molecule has 0 aliphatic rings. The molecule has 1 aromatic heterocycles. The average molecular weight is 241 g/mol. The van der Waals surface area contributed by atoms with Crippen LogP contribution >= 0.6 is 0 Å². The monoisotopic (exact) mass is 241 g/mol. The first-order valence-corrected chi connectivity index (χ1v) is 6.62. The molecule has 0 aliphatic carbocycles. The number of hydrogen-bond acceptors (Lipinski definition) is 2. The van der Waals surface area contributed by atoms with E-state index < -0.39 is 0 Å². The van der Waals surface area contributed by atoms with E-state index in [2.05, 4.69) is 18.8 Å². The van der Waals surface area contributed by atoms with Crippen LogP contribution in [0.3, 0.4) is 0 Å². The third kappa shape index (κ3) is 2.76. The molecule has 2 nitrogen and oxygen atoms in total. The summed E-state index contributed by atoms with van der Waals surface area (Å²) in [6, 6.07) is 12.0. The third-order valence-corrected chi connectivity index (χ3v) is 3.45. The van der Waals surface area contributed by atoms with Crippen LogP contribution in [0.5, 0.6) is 0 Å². The van der Waals surface area contributed by atoms with Crippen molar-refractivity contribution in [1.29, 1.82) is 0 Å². The molecule has 18 heavy (non-hydrogen) atoms. The molecule has 0 fully saturated rings. The fraction of sp³-hybridized carbons (Fsp3) is 0.375. The second kappa shape index (κ2) is 5.76. The Hall–Kier alpha value is -1.70. The Kier molecular flexibility index (Phi) is 4.08. The van der Waals surface area contributed by atoms with Crippen molar-refractivity contribution in [3.8, 4) is 0 Å². The van der Waals surface area contributed by atoms with E-state index in [1.807, 2.05) is 36.4 Å². The lowest BCUT2D eigenvalue weighted by molar-refractivity contribution is -0.122. The number of pyridine rings is 1. The highest BCUT2D eigenvalue weighted by atomic mass is 16.1. The molecule has 0 atom stereocenters. The van der Waals surface area contributed by atoms with E-state index in [0.717, 1.165) is 29.4 Å². The van der Waals surface area contributed by atoms with Gasteiger partial charge in [-0.3, -0.25) is 9.78 Å². The number of carbonyl (C=O) groups is 1. The van der Waals surface area contributed by atoms with Gasteiger partial charge in [0.05, 0.1) is 5.52 Å². The molecule has 0 unspecified atom stereocenters. The molecule has 0 aliphatic heterocycles. The summed E-state index contributed by atoms with van der Waals surface area (Å²) in [6.45, 7) is 4.14. The van der Waals surface area contributed by atoms with Crippen molar-refractivity contribution < 1.29 is 4.79 Å². The van der Waals surface area contributed by atoms with Crippen LogP contribution < -0.4 is 0 Å². The first kappa shape index (κ1) is 12.7. The Morgan fingerprint density at radius 1 is 1.11 bits per heavy atom. The van der Waals surface area contributed by atoms with E-state index in [1.54, 1.807) is 0 Å². The molecule has 1 heterocycles. The SMILES string of the molecule is CCC(CC)C(=O)Cc1ccc2ccccc2n1. The van der Waals surface area contributed by atoms with Gasteiger partial charge in [0.1, 0.15) is 5.78 Å². The van der Waals surface area contributed by atoms with Crippen molar-refractivity contribution in [2.24, 2.45) is 5.92 Å². The third-order valence-electron chi connectivity index (χ3n) is 3.45. The second-order valence-corrected chi connectivity index (χ2v) is 4.65. The predicted molar refractivity (Wildman–Crippen MR) is 74.5 cm³/mol. The summed E-state index contributed by atoms with van der Waals surface area (Å²) < 4.78 is 0. The number of hydrogen-bond donors (Lipinski definition) is 0. The first-order valence-electron chi connectivity index (χ1n) is 6.62. The Labute approximate surface area is 108 Å². The largest absolute Gasteiger partial charge is 0.299 e. The molecule has 1 aromatic carbocycles. The molecule has 94 valence electrons. The van der Waals surface area contributed by atoms with Crippen molar-refractivity contribution in [3.63, 3.8) is 0 Å². The number of nitrogens with zero attached hydrogens (tertiary/aromatic N) is 1. The minimum Gasteiger partial charge on any atom is -0.299 e. The molecule has 0 spiro atoms. The van der Waals surface area contributed by atoms with Crippen molar-refractivity contribution in [2.45, 2.75) is 33.1 Å². The number of para-hydroxylation sites is 1. The van der Waals surface area contributed by atoms with E-state index in [0.29, 0.717) is 12.2 Å². The van der Waals surface area contributed by atoms with Crippen molar-refractivity contribution in [1.82, 2.24) is 4.98 Å². The molecular formula is C16H19NO. The van der Waals surface area contributed by atoms with E-state index in [1.165, 1.54) is 0 Å². The van der Waals surface area contributed by atoms with Gasteiger partial charge in [0.2, 0.25) is 0 Å². The highest BCUT2D eigenvalue weighted by Gasteiger charge is 2.15. The standard InChI is InChI=1S/C16H19NO/c1-3-12(4-2)16(18)11-14-10-9-13-7-5-6-8-15(13)17-14/h5-10,12H,3-4,11H2,1-2H3. The lowest BCUT2D eigenvalue weighted by Crippen LogP contribution is -2.15. The molecule has 2 aromatic rings. The van der Waals surface area contributed by atoms with Gasteiger partial charge in [0.15, 0.2) is 0 Å². The Morgan fingerprint density at radius 2 is 1.83 bits per heavy atom. The summed E-state index contributed by atoms with van der Waals surface area (Å²) in [6.07, 6.45) is 2.29. The fourth-order valence-electron chi connectivity index (χ4n) is 2.27. The Balaban J connectivity index is 2.19. The number of rotatable bonds is 5. The number of carbonyl (C=O) groups excluding carboxylic acids is 1. The minimum absolute atomic E-state index is 0.179. The van der Waals surface area contributed by atoms with Crippen LogP contribution in [0, 0.1) is 5.92 Å². The van der Waals surface area contributed by atoms with Gasteiger partial charge in [-0.05, 0) is 25.0 Å². The van der Waals surface area contributed by atoms with Gasteiger partial charge in [-0.2, -0.15) is 0 Å². The van der Waals surface area contributed by atoms with E-state index in [4.69, 9.17) is 0 Å². The van der Waals surface area contributed by atoms with Crippen molar-refractivity contribution >= 4 is 16.7 Å². The van der Waals surface area contributed by atoms with Crippen LogP contribution in [0.2, 0.25) is 0 Å². The zero-order chi connectivity index (χ0) is 13.0. The Morgan fingerprint density at radius 3 is 2.56 bits per heavy atom. The maximum Gasteiger partial charge on any atom is 0.141 e. The summed E-state index contributed by atoms with van der Waals surface area (Å²) in [5.41, 5.74) is 1.85. The van der Waals surface area contributed by atoms with E-state index in [-0.39, 0.29) is 5.92 Å². The van der Waals surface area contributed by atoms with Crippen LogP contribution in [0.25, 0.3) is 10.9 Å². The van der Waals surface area contributed by atoms with Crippen LogP contribution in [0.4, 0.5) is 0 Å². The zero-order valence-electron chi connectivity index (χ0n) is 11.0. The van der Waals surface area contributed by atoms with Crippen LogP contribution in [0.15, 0.2) is 36.4 Å². The molecule has 0 saturated carbocycles. The quantitative estimate of drug-likeness (QED) is 0.797. The van der Waals surface area contributed by atoms with Gasteiger partial charge >= 0.3 is 0 Å².